The highest BCUT2D eigenvalue weighted by molar-refractivity contribution is 14.0. The lowest BCUT2D eigenvalue weighted by Gasteiger charge is -2.37. The molecule has 2 saturated heterocycles. The van der Waals surface area contributed by atoms with Crippen LogP contribution in [-0.2, 0) is 16.0 Å². The van der Waals surface area contributed by atoms with Gasteiger partial charge in [-0.3, -0.25) is 0 Å². The van der Waals surface area contributed by atoms with Gasteiger partial charge in [0.2, 0.25) is 0 Å². The highest BCUT2D eigenvalue weighted by Gasteiger charge is 2.32. The number of nitrogens with one attached hydrogen (secondary N) is 1. The first kappa shape index (κ1) is 22.2. The van der Waals surface area contributed by atoms with Gasteiger partial charge in [0.05, 0.1) is 19.3 Å². The number of guanidine groups is 1. The molecule has 27 heavy (non-hydrogen) atoms. The van der Waals surface area contributed by atoms with E-state index in [4.69, 9.17) is 14.5 Å². The van der Waals surface area contributed by atoms with E-state index >= 15 is 0 Å². The Kier molecular flexibility index (Phi) is 9.11. The number of benzene rings is 1. The Labute approximate surface area is 180 Å². The number of morpholine rings is 1. The summed E-state index contributed by atoms with van der Waals surface area (Å²) in [6.45, 7) is 6.94. The number of halogens is 1. The Balaban J connectivity index is 0.00000261. The summed E-state index contributed by atoms with van der Waals surface area (Å²) in [5.74, 6) is 0.967. The van der Waals surface area contributed by atoms with Crippen LogP contribution in [0.2, 0.25) is 0 Å². The molecular formula is C20H33IN4O2. The van der Waals surface area contributed by atoms with Crippen molar-refractivity contribution in [3.05, 3.63) is 29.8 Å². The number of ether oxygens (including phenoxy) is 2. The maximum atomic E-state index is 5.97. The van der Waals surface area contributed by atoms with Crippen molar-refractivity contribution in [1.29, 1.82) is 0 Å². The molecule has 6 nitrogen and oxygen atoms in total. The van der Waals surface area contributed by atoms with Crippen LogP contribution in [0.3, 0.4) is 0 Å². The molecule has 0 radical (unpaired) electrons. The van der Waals surface area contributed by atoms with E-state index in [1.54, 1.807) is 0 Å². The maximum Gasteiger partial charge on any atom is 0.194 e. The molecule has 2 atom stereocenters. The highest BCUT2D eigenvalue weighted by atomic mass is 127. The second-order valence-corrected chi connectivity index (χ2v) is 7.14. The maximum absolute atomic E-state index is 5.97. The van der Waals surface area contributed by atoms with Gasteiger partial charge in [-0.2, -0.15) is 0 Å². The highest BCUT2D eigenvalue weighted by Crippen LogP contribution is 2.21. The van der Waals surface area contributed by atoms with Gasteiger partial charge in [0.1, 0.15) is 6.10 Å². The molecule has 0 spiro atoms. The van der Waals surface area contributed by atoms with Gasteiger partial charge in [-0.25, -0.2) is 4.99 Å². The molecule has 0 amide bonds. The molecule has 1 aromatic carbocycles. The normalized spacial score (nSPS) is 23.1. The minimum atomic E-state index is 0. The molecule has 2 fully saturated rings. The van der Waals surface area contributed by atoms with Crippen LogP contribution in [0, 0.1) is 0 Å². The van der Waals surface area contributed by atoms with E-state index in [1.807, 2.05) is 0 Å². The summed E-state index contributed by atoms with van der Waals surface area (Å²) in [5, 5.41) is 3.44. The third kappa shape index (κ3) is 6.22. The third-order valence-corrected chi connectivity index (χ3v) is 4.95. The number of anilines is 1. The van der Waals surface area contributed by atoms with Gasteiger partial charge in [-0.15, -0.1) is 24.0 Å². The molecule has 0 aromatic heterocycles. The van der Waals surface area contributed by atoms with Crippen LogP contribution in [0.5, 0.6) is 0 Å². The summed E-state index contributed by atoms with van der Waals surface area (Å²) < 4.78 is 11.8. The number of nitrogens with zero attached hydrogens (tertiary/aromatic N) is 3. The Morgan fingerprint density at radius 2 is 2.07 bits per heavy atom. The summed E-state index contributed by atoms with van der Waals surface area (Å²) in [4.78, 5) is 9.32. The standard InChI is InChI=1S/C20H32N4O2.HI/c1-4-21-20(22-14-16-7-5-8-17(13-16)23(2)3)24-10-12-26-19(15-24)18-9-6-11-25-18;/h5,7-8,13,18-19H,4,6,9-12,14-15H2,1-3H3,(H,21,22);1H. The van der Waals surface area contributed by atoms with Crippen LogP contribution in [0.15, 0.2) is 29.3 Å². The molecule has 2 unspecified atom stereocenters. The molecule has 2 aliphatic rings. The van der Waals surface area contributed by atoms with Crippen molar-refractivity contribution >= 4 is 35.6 Å². The van der Waals surface area contributed by atoms with Gasteiger partial charge >= 0.3 is 0 Å². The fourth-order valence-corrected chi connectivity index (χ4v) is 3.51. The number of hydrogen-bond acceptors (Lipinski definition) is 4. The fraction of sp³-hybridized carbons (Fsp3) is 0.650. The fourth-order valence-electron chi connectivity index (χ4n) is 3.51. The second kappa shape index (κ2) is 11.1. The van der Waals surface area contributed by atoms with Gasteiger partial charge in [0, 0.05) is 46.0 Å². The van der Waals surface area contributed by atoms with Crippen LogP contribution in [0.25, 0.3) is 0 Å². The lowest BCUT2D eigenvalue weighted by Crippen LogP contribution is -2.53. The first-order valence-corrected chi connectivity index (χ1v) is 9.70. The largest absolute Gasteiger partial charge is 0.378 e. The van der Waals surface area contributed by atoms with E-state index in [0.29, 0.717) is 6.54 Å². The molecule has 2 aliphatic heterocycles. The first-order chi connectivity index (χ1) is 12.7. The van der Waals surface area contributed by atoms with Crippen molar-refractivity contribution in [2.45, 2.75) is 38.5 Å². The van der Waals surface area contributed by atoms with E-state index in [1.165, 1.54) is 11.3 Å². The van der Waals surface area contributed by atoms with Crippen molar-refractivity contribution in [1.82, 2.24) is 10.2 Å². The van der Waals surface area contributed by atoms with E-state index in [0.717, 1.165) is 51.6 Å². The van der Waals surface area contributed by atoms with Gasteiger partial charge in [0.15, 0.2) is 5.96 Å². The van der Waals surface area contributed by atoms with Crippen molar-refractivity contribution in [3.8, 4) is 0 Å². The Bertz CT molecular complexity index is 605. The van der Waals surface area contributed by atoms with Crippen LogP contribution in [0.1, 0.15) is 25.3 Å². The van der Waals surface area contributed by atoms with Crippen LogP contribution in [0.4, 0.5) is 5.69 Å². The van der Waals surface area contributed by atoms with Crippen LogP contribution in [-0.4, -0.2) is 70.0 Å². The van der Waals surface area contributed by atoms with Crippen molar-refractivity contribution < 1.29 is 9.47 Å². The molecule has 2 heterocycles. The predicted octanol–water partition coefficient (Wildman–Crippen LogP) is 2.72. The van der Waals surface area contributed by atoms with E-state index < -0.39 is 0 Å². The Morgan fingerprint density at radius 1 is 1.26 bits per heavy atom. The lowest BCUT2D eigenvalue weighted by molar-refractivity contribution is -0.0817. The van der Waals surface area contributed by atoms with Gasteiger partial charge in [-0.05, 0) is 37.5 Å². The predicted molar refractivity (Wildman–Crippen MR) is 121 cm³/mol. The van der Waals surface area contributed by atoms with Gasteiger partial charge in [0.25, 0.3) is 0 Å². The number of aliphatic imine (C=N–C) groups is 1. The smallest absolute Gasteiger partial charge is 0.194 e. The summed E-state index contributed by atoms with van der Waals surface area (Å²) in [7, 11) is 4.12. The molecule has 152 valence electrons. The van der Waals surface area contributed by atoms with Crippen molar-refractivity contribution in [2.75, 3.05) is 51.8 Å². The molecule has 0 saturated carbocycles. The van der Waals surface area contributed by atoms with Crippen LogP contribution >= 0.6 is 24.0 Å². The van der Waals surface area contributed by atoms with E-state index in [9.17, 15) is 0 Å². The minimum absolute atomic E-state index is 0. The summed E-state index contributed by atoms with van der Waals surface area (Å²) in [6.07, 6.45) is 2.62. The first-order valence-electron chi connectivity index (χ1n) is 9.70. The van der Waals surface area contributed by atoms with E-state index in [-0.39, 0.29) is 36.2 Å². The molecule has 0 bridgehead atoms. The Hall–Kier alpha value is -1.06. The summed E-state index contributed by atoms with van der Waals surface area (Å²) in [5.41, 5.74) is 2.42. The topological polar surface area (TPSA) is 49.3 Å². The molecule has 1 N–H and O–H groups in total. The number of rotatable bonds is 5. The molecule has 0 aliphatic carbocycles. The summed E-state index contributed by atoms with van der Waals surface area (Å²) >= 11 is 0. The van der Waals surface area contributed by atoms with Gasteiger partial charge in [-0.1, -0.05) is 12.1 Å². The monoisotopic (exact) mass is 488 g/mol. The molecule has 7 heteroatoms. The van der Waals surface area contributed by atoms with Gasteiger partial charge < -0.3 is 24.6 Å². The third-order valence-electron chi connectivity index (χ3n) is 4.95. The van der Waals surface area contributed by atoms with Crippen LogP contribution < -0.4 is 10.2 Å². The SMILES string of the molecule is CCNC(=NCc1cccc(N(C)C)c1)N1CCOC(C2CCCO2)C1.I. The Morgan fingerprint density at radius 3 is 2.78 bits per heavy atom. The molecule has 3 rings (SSSR count). The number of hydrogen-bond donors (Lipinski definition) is 1. The second-order valence-electron chi connectivity index (χ2n) is 7.14. The van der Waals surface area contributed by atoms with Crippen molar-refractivity contribution in [3.63, 3.8) is 0 Å². The average Bonchev–Trinajstić information content (AvgIpc) is 3.20. The molecular weight excluding hydrogens is 455 g/mol. The lowest BCUT2D eigenvalue weighted by atomic mass is 10.1. The van der Waals surface area contributed by atoms with E-state index in [2.05, 4.69) is 60.4 Å². The zero-order valence-electron chi connectivity index (χ0n) is 16.7. The average molecular weight is 488 g/mol. The molecule has 1 aromatic rings. The zero-order valence-corrected chi connectivity index (χ0v) is 19.0. The summed E-state index contributed by atoms with van der Waals surface area (Å²) in [6, 6.07) is 8.54. The van der Waals surface area contributed by atoms with Crippen molar-refractivity contribution in [2.24, 2.45) is 4.99 Å². The minimum Gasteiger partial charge on any atom is -0.378 e. The quantitative estimate of drug-likeness (QED) is 0.393. The zero-order chi connectivity index (χ0) is 18.4.